The van der Waals surface area contributed by atoms with Crippen LogP contribution in [0.4, 0.5) is 0 Å². The Morgan fingerprint density at radius 3 is 2.24 bits per heavy atom. The third-order valence-electron chi connectivity index (χ3n) is 15.5. The highest BCUT2D eigenvalue weighted by molar-refractivity contribution is 5.33. The summed E-state index contributed by atoms with van der Waals surface area (Å²) in [5.74, 6) is 3.33. The first kappa shape index (κ1) is 31.5. The number of aliphatic hydroxyl groups excluding tert-OH is 4. The molecule has 1 unspecified atom stereocenters. The molecule has 1 saturated heterocycles. The summed E-state index contributed by atoms with van der Waals surface area (Å²) >= 11 is 0. The smallest absolute Gasteiger partial charge is 0.186 e. The molecule has 4 N–H and O–H groups in total. The highest BCUT2D eigenvalue weighted by atomic mass is 16.7. The van der Waals surface area contributed by atoms with Gasteiger partial charge in [-0.25, -0.2) is 0 Å². The number of rotatable bonds is 3. The molecule has 6 aliphatic rings. The van der Waals surface area contributed by atoms with Gasteiger partial charge in [-0.2, -0.15) is 0 Å². The van der Waals surface area contributed by atoms with Crippen molar-refractivity contribution >= 4 is 0 Å². The van der Waals surface area contributed by atoms with Gasteiger partial charge in [-0.3, -0.25) is 0 Å². The summed E-state index contributed by atoms with van der Waals surface area (Å²) in [7, 11) is 0. The van der Waals surface area contributed by atoms with Crippen LogP contribution in [0.25, 0.3) is 0 Å². The summed E-state index contributed by atoms with van der Waals surface area (Å²) in [5.41, 5.74) is 2.80. The van der Waals surface area contributed by atoms with Gasteiger partial charge in [0.15, 0.2) is 6.29 Å². The van der Waals surface area contributed by atoms with E-state index in [0.29, 0.717) is 23.2 Å². The highest BCUT2D eigenvalue weighted by Gasteiger charge is 2.68. The predicted octanol–water partition coefficient (Wildman–Crippen LogP) is 5.85. The first-order chi connectivity index (χ1) is 19.5. The number of ether oxygens (including phenoxy) is 2. The maximum atomic E-state index is 10.7. The van der Waals surface area contributed by atoms with E-state index >= 15 is 0 Å². The van der Waals surface area contributed by atoms with Crippen LogP contribution in [0.3, 0.4) is 0 Å². The summed E-state index contributed by atoms with van der Waals surface area (Å²) in [6.45, 7) is 19.7. The fraction of sp³-hybridized carbons (Fsp3) is 0.944. The average Bonchev–Trinajstić information content (AvgIpc) is 2.93. The van der Waals surface area contributed by atoms with Crippen molar-refractivity contribution in [3.05, 3.63) is 11.6 Å². The molecule has 1 aliphatic heterocycles. The molecule has 5 aliphatic carbocycles. The zero-order valence-corrected chi connectivity index (χ0v) is 27.6. The fourth-order valence-electron chi connectivity index (χ4n) is 12.4. The van der Waals surface area contributed by atoms with E-state index in [-0.39, 0.29) is 27.8 Å². The Hall–Kier alpha value is -0.500. The lowest BCUT2D eigenvalue weighted by Crippen LogP contribution is -2.65. The lowest BCUT2D eigenvalue weighted by atomic mass is 9.33. The molecule has 0 aromatic rings. The van der Waals surface area contributed by atoms with Crippen LogP contribution >= 0.6 is 0 Å². The quantitative estimate of drug-likeness (QED) is 0.244. The first-order valence-corrected chi connectivity index (χ1v) is 17.2. The summed E-state index contributed by atoms with van der Waals surface area (Å²) < 4.78 is 12.3. The predicted molar refractivity (Wildman–Crippen MR) is 163 cm³/mol. The summed E-state index contributed by atoms with van der Waals surface area (Å²) in [5, 5.41) is 41.0. The Balaban J connectivity index is 1.28. The average molecular weight is 589 g/mol. The van der Waals surface area contributed by atoms with Gasteiger partial charge in [0.1, 0.15) is 24.4 Å². The molecule has 4 saturated carbocycles. The van der Waals surface area contributed by atoms with E-state index in [1.54, 1.807) is 0 Å². The van der Waals surface area contributed by atoms with Crippen molar-refractivity contribution in [1.82, 2.24) is 0 Å². The van der Waals surface area contributed by atoms with Gasteiger partial charge >= 0.3 is 0 Å². The topological polar surface area (TPSA) is 99.4 Å². The van der Waals surface area contributed by atoms with Crippen LogP contribution in [0.2, 0.25) is 0 Å². The number of hydrogen-bond acceptors (Lipinski definition) is 6. The molecule has 0 amide bonds. The largest absolute Gasteiger partial charge is 0.394 e. The van der Waals surface area contributed by atoms with Crippen LogP contribution in [-0.2, 0) is 9.47 Å². The van der Waals surface area contributed by atoms with Crippen LogP contribution in [0.15, 0.2) is 11.6 Å². The van der Waals surface area contributed by atoms with Crippen molar-refractivity contribution in [3.8, 4) is 0 Å². The third-order valence-corrected chi connectivity index (χ3v) is 15.5. The number of allylic oxidation sites excluding steroid dienone is 2. The molecule has 6 rings (SSSR count). The molecule has 15 atom stereocenters. The Kier molecular flexibility index (Phi) is 7.69. The number of fused-ring (bicyclic) bond motifs is 7. The van der Waals surface area contributed by atoms with Gasteiger partial charge in [0, 0.05) is 0 Å². The second kappa shape index (κ2) is 10.3. The lowest BCUT2D eigenvalue weighted by molar-refractivity contribution is -0.330. The van der Waals surface area contributed by atoms with Gasteiger partial charge in [-0.15, -0.1) is 0 Å². The Bertz CT molecular complexity index is 1070. The van der Waals surface area contributed by atoms with E-state index < -0.39 is 37.3 Å². The van der Waals surface area contributed by atoms with Crippen LogP contribution in [0, 0.1) is 56.7 Å². The third kappa shape index (κ3) is 4.17. The fourth-order valence-corrected chi connectivity index (χ4v) is 12.4. The van der Waals surface area contributed by atoms with Gasteiger partial charge in [-0.1, -0.05) is 67.0 Å². The zero-order chi connectivity index (χ0) is 30.6. The molecular weight excluding hydrogens is 528 g/mol. The molecule has 0 aromatic carbocycles. The number of hydrogen-bond donors (Lipinski definition) is 4. The molecule has 6 nitrogen and oxygen atoms in total. The summed E-state index contributed by atoms with van der Waals surface area (Å²) in [6, 6.07) is 0. The first-order valence-electron chi connectivity index (χ1n) is 17.2. The van der Waals surface area contributed by atoms with Crippen LogP contribution in [0.5, 0.6) is 0 Å². The summed E-state index contributed by atoms with van der Waals surface area (Å²) in [4.78, 5) is 0. The molecule has 0 bridgehead atoms. The number of aliphatic hydroxyl groups is 4. The van der Waals surface area contributed by atoms with Crippen LogP contribution in [0.1, 0.15) is 113 Å². The minimum absolute atomic E-state index is 0.147. The van der Waals surface area contributed by atoms with E-state index in [2.05, 4.69) is 61.5 Å². The van der Waals surface area contributed by atoms with Crippen LogP contribution < -0.4 is 0 Å². The van der Waals surface area contributed by atoms with E-state index in [0.717, 1.165) is 24.7 Å². The maximum Gasteiger partial charge on any atom is 0.186 e. The molecule has 0 spiro atoms. The molecule has 0 aromatic heterocycles. The minimum atomic E-state index is -1.41. The zero-order valence-electron chi connectivity index (χ0n) is 27.6. The van der Waals surface area contributed by atoms with Crippen molar-refractivity contribution in [1.29, 1.82) is 0 Å². The Morgan fingerprint density at radius 1 is 0.833 bits per heavy atom. The molecule has 1 heterocycles. The van der Waals surface area contributed by atoms with Gasteiger partial charge < -0.3 is 29.9 Å². The van der Waals surface area contributed by atoms with Crippen molar-refractivity contribution < 1.29 is 29.9 Å². The lowest BCUT2D eigenvalue weighted by Gasteiger charge is -2.71. The van der Waals surface area contributed by atoms with Crippen molar-refractivity contribution in [3.63, 3.8) is 0 Å². The Morgan fingerprint density at radius 2 is 1.55 bits per heavy atom. The van der Waals surface area contributed by atoms with E-state index in [4.69, 9.17) is 9.47 Å². The van der Waals surface area contributed by atoms with Gasteiger partial charge in [-0.05, 0) is 114 Å². The molecular formula is C36H60O6. The van der Waals surface area contributed by atoms with Gasteiger partial charge in [0.2, 0.25) is 0 Å². The van der Waals surface area contributed by atoms with Crippen molar-refractivity contribution in [2.45, 2.75) is 150 Å². The van der Waals surface area contributed by atoms with Crippen LogP contribution in [-0.4, -0.2) is 63.8 Å². The van der Waals surface area contributed by atoms with Gasteiger partial charge in [0.25, 0.3) is 0 Å². The standard InChI is InChI=1S/C36H60O6/c1-20-11-14-33(5)17-18-35(7)22(27(33)21(20)2)9-10-25-34(6)15-13-26(32(3,4)24(34)12-16-36(25,35)8)42-31-30(40)29(39)28(38)23(19-37)41-31/h9,20-21,23-31,37-40H,10-19H2,1-8H3/t20-,21+,23-,24+,25-,26?,27+,28-,29+,30-,31+,33-,34+,35-,36-/m1/s1. The summed E-state index contributed by atoms with van der Waals surface area (Å²) in [6.07, 6.45) is 7.37. The van der Waals surface area contributed by atoms with E-state index in [1.807, 2.05) is 5.57 Å². The Labute approximate surface area is 254 Å². The van der Waals surface area contributed by atoms with E-state index in [9.17, 15) is 20.4 Å². The van der Waals surface area contributed by atoms with E-state index in [1.165, 1.54) is 44.9 Å². The second-order valence-corrected chi connectivity index (χ2v) is 17.5. The molecule has 42 heavy (non-hydrogen) atoms. The van der Waals surface area contributed by atoms with Crippen molar-refractivity contribution in [2.24, 2.45) is 56.7 Å². The molecule has 6 heteroatoms. The normalized spacial score (nSPS) is 57.2. The van der Waals surface area contributed by atoms with Gasteiger partial charge in [0.05, 0.1) is 12.7 Å². The SMILES string of the molecule is C[C@H]1[C@H](C)CC[C@]2(C)CC[C@]3(C)C(=CC[C@@H]4[C@@]5(C)CCC(O[C@@H]6O[C@H](CO)[C@@H](O)[C@H](O)[C@H]6O)C(C)(C)[C@@H]5CC[C@]43C)[C@H]12. The van der Waals surface area contributed by atoms with Crippen molar-refractivity contribution in [2.75, 3.05) is 6.61 Å². The molecule has 5 fully saturated rings. The molecule has 240 valence electrons. The highest BCUT2D eigenvalue weighted by Crippen LogP contribution is 2.75. The monoisotopic (exact) mass is 588 g/mol. The second-order valence-electron chi connectivity index (χ2n) is 17.5. The minimum Gasteiger partial charge on any atom is -0.394 e. The maximum absolute atomic E-state index is 10.7. The molecule has 0 radical (unpaired) electrons.